The van der Waals surface area contributed by atoms with Crippen molar-refractivity contribution < 1.29 is 23.7 Å². The van der Waals surface area contributed by atoms with Crippen LogP contribution in [0.2, 0.25) is 0 Å². The van der Waals surface area contributed by atoms with Crippen LogP contribution in [0.15, 0.2) is 24.3 Å². The van der Waals surface area contributed by atoms with Gasteiger partial charge in [0.1, 0.15) is 23.7 Å². The fourth-order valence-electron chi connectivity index (χ4n) is 2.46. The van der Waals surface area contributed by atoms with Crippen LogP contribution in [0.4, 0.5) is 0 Å². The molecule has 2 heterocycles. The third-order valence-electron chi connectivity index (χ3n) is 3.19. The highest BCUT2D eigenvalue weighted by Gasteiger charge is 2.39. The second-order valence-corrected chi connectivity index (χ2v) is 4.35. The normalized spacial score (nSPS) is 22.6. The Morgan fingerprint density at radius 2 is 1.37 bits per heavy atom. The van der Waals surface area contributed by atoms with Crippen molar-refractivity contribution in [1.82, 2.24) is 0 Å². The minimum absolute atomic E-state index is 0.0575. The summed E-state index contributed by atoms with van der Waals surface area (Å²) >= 11 is 0. The van der Waals surface area contributed by atoms with Gasteiger partial charge in [0.15, 0.2) is 13.6 Å². The van der Waals surface area contributed by atoms with Gasteiger partial charge in [-0.2, -0.15) is 0 Å². The summed E-state index contributed by atoms with van der Waals surface area (Å²) in [6.07, 6.45) is 3.95. The molecule has 0 unspecified atom stereocenters. The van der Waals surface area contributed by atoms with E-state index in [1.165, 1.54) is 0 Å². The average Bonchev–Trinajstić information content (AvgIpc) is 3.05. The summed E-state index contributed by atoms with van der Waals surface area (Å²) in [5.74, 6) is 1.55. The van der Waals surface area contributed by atoms with Crippen molar-refractivity contribution in [3.05, 3.63) is 35.4 Å². The van der Waals surface area contributed by atoms with Crippen LogP contribution in [-0.2, 0) is 14.2 Å². The molecule has 102 valence electrons. The standard InChI is InChI=1S/C14H16O5/c1-15-7-17-9-3-4-10(18-8-16-2)14-12-6-5-11(19-12)13(9)14/h3-6,11-12H,7-8H2,1-2H3/t11-,12+. The van der Waals surface area contributed by atoms with Crippen LogP contribution in [0.1, 0.15) is 23.3 Å². The van der Waals surface area contributed by atoms with E-state index >= 15 is 0 Å². The lowest BCUT2D eigenvalue weighted by Gasteiger charge is -2.17. The molecule has 2 bridgehead atoms. The maximum atomic E-state index is 5.83. The molecule has 0 saturated heterocycles. The second-order valence-electron chi connectivity index (χ2n) is 4.35. The van der Waals surface area contributed by atoms with Crippen LogP contribution >= 0.6 is 0 Å². The molecular weight excluding hydrogens is 248 g/mol. The lowest BCUT2D eigenvalue weighted by Crippen LogP contribution is -2.07. The van der Waals surface area contributed by atoms with E-state index in [1.54, 1.807) is 14.2 Å². The van der Waals surface area contributed by atoms with E-state index in [9.17, 15) is 0 Å². The van der Waals surface area contributed by atoms with Crippen molar-refractivity contribution in [2.75, 3.05) is 27.8 Å². The van der Waals surface area contributed by atoms with Gasteiger partial charge in [0.05, 0.1) is 0 Å². The van der Waals surface area contributed by atoms with Gasteiger partial charge in [-0.05, 0) is 12.1 Å². The number of hydrogen-bond donors (Lipinski definition) is 0. The van der Waals surface area contributed by atoms with E-state index in [2.05, 4.69) is 0 Å². The molecule has 0 fully saturated rings. The predicted molar refractivity (Wildman–Crippen MR) is 67.2 cm³/mol. The molecule has 1 aromatic rings. The molecule has 3 rings (SSSR count). The number of methoxy groups -OCH3 is 2. The van der Waals surface area contributed by atoms with Crippen LogP contribution in [0, 0.1) is 0 Å². The Bertz CT molecular complexity index is 454. The molecule has 5 heteroatoms. The summed E-state index contributed by atoms with van der Waals surface area (Å²) in [5.41, 5.74) is 2.05. The van der Waals surface area contributed by atoms with Gasteiger partial charge in [0.2, 0.25) is 0 Å². The van der Waals surface area contributed by atoms with Gasteiger partial charge in [0.25, 0.3) is 0 Å². The fraction of sp³-hybridized carbons (Fsp3) is 0.429. The first kappa shape index (κ1) is 12.5. The van der Waals surface area contributed by atoms with Gasteiger partial charge in [-0.1, -0.05) is 12.2 Å². The molecule has 2 aliphatic heterocycles. The maximum Gasteiger partial charge on any atom is 0.188 e. The first-order valence-electron chi connectivity index (χ1n) is 6.09. The molecule has 0 N–H and O–H groups in total. The summed E-state index contributed by atoms with van der Waals surface area (Å²) in [5, 5.41) is 0. The van der Waals surface area contributed by atoms with Gasteiger partial charge >= 0.3 is 0 Å². The van der Waals surface area contributed by atoms with Crippen LogP contribution in [-0.4, -0.2) is 27.8 Å². The Balaban J connectivity index is 1.95. The van der Waals surface area contributed by atoms with Crippen molar-refractivity contribution in [2.45, 2.75) is 12.2 Å². The molecule has 19 heavy (non-hydrogen) atoms. The van der Waals surface area contributed by atoms with Crippen molar-refractivity contribution in [3.8, 4) is 11.5 Å². The van der Waals surface area contributed by atoms with Crippen LogP contribution < -0.4 is 9.47 Å². The molecule has 2 atom stereocenters. The van der Waals surface area contributed by atoms with Crippen LogP contribution in [0.3, 0.4) is 0 Å². The first-order chi connectivity index (χ1) is 9.35. The quantitative estimate of drug-likeness (QED) is 0.583. The second kappa shape index (κ2) is 5.21. The van der Waals surface area contributed by atoms with E-state index in [4.69, 9.17) is 23.7 Å². The summed E-state index contributed by atoms with van der Waals surface area (Å²) in [7, 11) is 3.19. The molecule has 0 aromatic heterocycles. The van der Waals surface area contributed by atoms with E-state index in [-0.39, 0.29) is 25.8 Å². The summed E-state index contributed by atoms with van der Waals surface area (Å²) in [6.45, 7) is 0.428. The topological polar surface area (TPSA) is 46.2 Å². The molecule has 0 radical (unpaired) electrons. The van der Waals surface area contributed by atoms with E-state index < -0.39 is 0 Å². The lowest BCUT2D eigenvalue weighted by molar-refractivity contribution is 0.0474. The molecule has 5 nitrogen and oxygen atoms in total. The van der Waals surface area contributed by atoms with E-state index in [0.717, 1.165) is 22.6 Å². The highest BCUT2D eigenvalue weighted by atomic mass is 16.7. The number of benzene rings is 1. The van der Waals surface area contributed by atoms with Crippen LogP contribution in [0.5, 0.6) is 11.5 Å². The van der Waals surface area contributed by atoms with Crippen LogP contribution in [0.25, 0.3) is 0 Å². The Hall–Kier alpha value is -1.56. The zero-order valence-electron chi connectivity index (χ0n) is 10.9. The lowest BCUT2D eigenvalue weighted by atomic mass is 9.95. The Kier molecular flexibility index (Phi) is 3.42. The summed E-state index contributed by atoms with van der Waals surface area (Å²) in [4.78, 5) is 0. The highest BCUT2D eigenvalue weighted by Crippen LogP contribution is 2.53. The molecule has 1 aromatic carbocycles. The van der Waals surface area contributed by atoms with Crippen molar-refractivity contribution in [2.24, 2.45) is 0 Å². The van der Waals surface area contributed by atoms with Gasteiger partial charge in [-0.25, -0.2) is 0 Å². The smallest absolute Gasteiger partial charge is 0.188 e. The van der Waals surface area contributed by atoms with Gasteiger partial charge in [-0.3, -0.25) is 0 Å². The summed E-state index contributed by atoms with van der Waals surface area (Å²) < 4.78 is 26.9. The van der Waals surface area contributed by atoms with Gasteiger partial charge in [0, 0.05) is 25.3 Å². The van der Waals surface area contributed by atoms with Crippen molar-refractivity contribution >= 4 is 0 Å². The molecule has 0 spiro atoms. The molecule has 2 aliphatic rings. The largest absolute Gasteiger partial charge is 0.467 e. The SMILES string of the molecule is COCOc1ccc(OCOC)c2c1[C@@H]1C=C[C@H]2O1. The minimum atomic E-state index is -0.0575. The molecule has 0 aliphatic carbocycles. The number of fused-ring (bicyclic) bond motifs is 5. The zero-order valence-corrected chi connectivity index (χ0v) is 10.9. The first-order valence-corrected chi connectivity index (χ1v) is 6.09. The summed E-state index contributed by atoms with van der Waals surface area (Å²) in [6, 6.07) is 3.75. The van der Waals surface area contributed by atoms with Crippen molar-refractivity contribution in [1.29, 1.82) is 0 Å². The zero-order chi connectivity index (χ0) is 13.2. The Labute approximate surface area is 111 Å². The molecular formula is C14H16O5. The third-order valence-corrected chi connectivity index (χ3v) is 3.19. The predicted octanol–water partition coefficient (Wildman–Crippen LogP) is 2.33. The Morgan fingerprint density at radius 1 is 0.895 bits per heavy atom. The van der Waals surface area contributed by atoms with Gasteiger partial charge < -0.3 is 23.7 Å². The number of ether oxygens (including phenoxy) is 5. The third kappa shape index (κ3) is 2.10. The number of rotatable bonds is 6. The molecule has 0 amide bonds. The highest BCUT2D eigenvalue weighted by molar-refractivity contribution is 5.57. The monoisotopic (exact) mass is 264 g/mol. The Morgan fingerprint density at radius 3 is 1.79 bits per heavy atom. The number of hydrogen-bond acceptors (Lipinski definition) is 5. The van der Waals surface area contributed by atoms with Crippen molar-refractivity contribution in [3.63, 3.8) is 0 Å². The van der Waals surface area contributed by atoms with E-state index in [0.29, 0.717) is 0 Å². The average molecular weight is 264 g/mol. The molecule has 0 saturated carbocycles. The fourth-order valence-corrected chi connectivity index (χ4v) is 2.46. The van der Waals surface area contributed by atoms with Gasteiger partial charge in [-0.15, -0.1) is 0 Å². The maximum absolute atomic E-state index is 5.83. The van der Waals surface area contributed by atoms with E-state index in [1.807, 2.05) is 24.3 Å². The minimum Gasteiger partial charge on any atom is -0.467 e.